The smallest absolute Gasteiger partial charge is 0.352 e. The zero-order valence-corrected chi connectivity index (χ0v) is 20.7. The summed E-state index contributed by atoms with van der Waals surface area (Å²) in [7, 11) is 3.15. The fourth-order valence-corrected chi connectivity index (χ4v) is 6.01. The number of para-hydroxylation sites is 1. The summed E-state index contributed by atoms with van der Waals surface area (Å²) in [5.41, 5.74) is 6.90. The van der Waals surface area contributed by atoms with Gasteiger partial charge >= 0.3 is 5.97 Å². The summed E-state index contributed by atoms with van der Waals surface area (Å²) in [6, 6.07) is 6.89. The van der Waals surface area contributed by atoms with Crippen LogP contribution in [0.1, 0.15) is 5.82 Å². The maximum Gasteiger partial charge on any atom is 0.352 e. The molecule has 1 aromatic carbocycles. The predicted molar refractivity (Wildman–Crippen MR) is 131 cm³/mol. The number of carbonyl (C=O) groups is 3. The average Bonchev–Trinajstić information content (AvgIpc) is 3.43. The fraction of sp³-hybridized carbons (Fsp3) is 0.286. The van der Waals surface area contributed by atoms with Crippen LogP contribution in [-0.2, 0) is 32.8 Å². The summed E-state index contributed by atoms with van der Waals surface area (Å²) in [6.07, 6.45) is 1.94. The van der Waals surface area contributed by atoms with Crippen molar-refractivity contribution in [3.05, 3.63) is 47.6 Å². The molecule has 0 spiro atoms. The third-order valence-corrected chi connectivity index (χ3v) is 7.78. The number of anilines is 1. The lowest BCUT2D eigenvalue weighted by Crippen LogP contribution is -2.71. The van der Waals surface area contributed by atoms with E-state index in [-0.39, 0.29) is 22.4 Å². The van der Waals surface area contributed by atoms with Crippen molar-refractivity contribution in [1.29, 1.82) is 0 Å². The van der Waals surface area contributed by atoms with Crippen LogP contribution in [0.4, 0.5) is 5.13 Å². The number of aliphatic carboxylic acids is 1. The number of hydrogen-bond donors (Lipinski definition) is 3. The monoisotopic (exact) mass is 529 g/mol. The number of carbonyl (C=O) groups excluding carboxylic acids is 2. The molecular weight excluding hydrogens is 508 g/mol. The zero-order valence-electron chi connectivity index (χ0n) is 19.1. The third-order valence-electron chi connectivity index (χ3n) is 5.90. The standard InChI is InChI=1S/C21H20N8O5S2/c1-27-12-6-4-3-5-10(12)7-28(27)8-11-9-35-19-14(18(31)29(19)15(11)20(32)33)23-17(30)13(25-34-2)16-24-21(22)36-26-16/h3-7,14,19H,8-9H2,1-2H3,(H3-,22,23,24,26,30,32,33)/p+1/b25-13-/t14-,19-/m1/s1. The molecule has 4 heterocycles. The topological polar surface area (TPSA) is 169 Å². The van der Waals surface area contributed by atoms with Gasteiger partial charge in [-0.05, 0) is 12.1 Å². The molecule has 2 aliphatic heterocycles. The highest BCUT2D eigenvalue weighted by atomic mass is 32.2. The highest BCUT2D eigenvalue weighted by Gasteiger charge is 2.55. The summed E-state index contributed by atoms with van der Waals surface area (Å²) >= 11 is 2.27. The van der Waals surface area contributed by atoms with Gasteiger partial charge < -0.3 is 21.0 Å². The van der Waals surface area contributed by atoms with Gasteiger partial charge in [-0.25, -0.2) is 4.79 Å². The van der Waals surface area contributed by atoms with Crippen LogP contribution in [0.2, 0.25) is 0 Å². The molecule has 5 rings (SSSR count). The number of nitrogens with zero attached hydrogens (tertiary/aromatic N) is 6. The van der Waals surface area contributed by atoms with Crippen molar-refractivity contribution >= 4 is 62.8 Å². The molecule has 0 bridgehead atoms. The first kappa shape index (κ1) is 23.7. The molecule has 2 aromatic heterocycles. The van der Waals surface area contributed by atoms with Gasteiger partial charge in [-0.1, -0.05) is 17.3 Å². The maximum absolute atomic E-state index is 13.0. The van der Waals surface area contributed by atoms with Crippen LogP contribution in [0.5, 0.6) is 0 Å². The summed E-state index contributed by atoms with van der Waals surface area (Å²) < 4.78 is 7.81. The molecule has 2 aliphatic rings. The number of carboxylic acids is 1. The summed E-state index contributed by atoms with van der Waals surface area (Å²) in [4.78, 5) is 48.0. The van der Waals surface area contributed by atoms with Gasteiger partial charge in [-0.15, -0.1) is 16.4 Å². The largest absolute Gasteiger partial charge is 0.477 e. The molecule has 1 fully saturated rings. The number of hydrogen-bond acceptors (Lipinski definition) is 10. The van der Waals surface area contributed by atoms with E-state index in [2.05, 4.69) is 19.8 Å². The summed E-state index contributed by atoms with van der Waals surface area (Å²) in [6.45, 7) is 0.300. The molecule has 0 saturated carbocycles. The lowest BCUT2D eigenvalue weighted by atomic mass is 10.0. The second-order valence-corrected chi connectivity index (χ2v) is 9.89. The third kappa shape index (κ3) is 3.95. The number of nitrogen functional groups attached to an aromatic ring is 1. The number of aromatic nitrogens is 4. The van der Waals surface area contributed by atoms with Gasteiger partial charge in [-0.3, -0.25) is 14.5 Å². The molecule has 3 aromatic rings. The molecule has 1 saturated heterocycles. The lowest BCUT2D eigenvalue weighted by Gasteiger charge is -2.49. The van der Waals surface area contributed by atoms with Gasteiger partial charge in [0.25, 0.3) is 11.8 Å². The first-order chi connectivity index (χ1) is 17.3. The Morgan fingerprint density at radius 2 is 2.17 bits per heavy atom. The van der Waals surface area contributed by atoms with E-state index in [1.807, 2.05) is 46.9 Å². The second-order valence-electron chi connectivity index (χ2n) is 8.01. The molecule has 186 valence electrons. The minimum Gasteiger partial charge on any atom is -0.477 e. The number of amides is 2. The van der Waals surface area contributed by atoms with Crippen molar-refractivity contribution in [1.82, 2.24) is 24.3 Å². The minimum atomic E-state index is -1.20. The van der Waals surface area contributed by atoms with E-state index < -0.39 is 29.2 Å². The first-order valence-electron chi connectivity index (χ1n) is 10.7. The SMILES string of the molecule is CO/N=C(\C(=O)N[C@@H]1C(=O)N2C(C(=O)O)=C(C[n+]3cc4ccccc4n3C)CS[C@H]12)c1nsc(N)n1. The van der Waals surface area contributed by atoms with E-state index in [0.29, 0.717) is 17.9 Å². The van der Waals surface area contributed by atoms with Crippen LogP contribution in [0.3, 0.4) is 0 Å². The molecule has 13 nitrogen and oxygen atoms in total. The van der Waals surface area contributed by atoms with Crippen LogP contribution in [0, 0.1) is 0 Å². The number of fused-ring (bicyclic) bond motifs is 2. The molecule has 4 N–H and O–H groups in total. The van der Waals surface area contributed by atoms with Crippen LogP contribution in [-0.4, -0.2) is 71.8 Å². The van der Waals surface area contributed by atoms with Crippen molar-refractivity contribution in [3.63, 3.8) is 0 Å². The van der Waals surface area contributed by atoms with Crippen molar-refractivity contribution in [2.75, 3.05) is 18.6 Å². The molecule has 2 amide bonds. The van der Waals surface area contributed by atoms with E-state index in [0.717, 1.165) is 22.4 Å². The molecule has 15 heteroatoms. The number of nitrogens with two attached hydrogens (primary N) is 1. The van der Waals surface area contributed by atoms with Crippen molar-refractivity contribution in [2.24, 2.45) is 12.2 Å². The average molecular weight is 530 g/mol. The second kappa shape index (κ2) is 9.23. The van der Waals surface area contributed by atoms with Crippen molar-refractivity contribution in [3.8, 4) is 0 Å². The molecule has 36 heavy (non-hydrogen) atoms. The first-order valence-corrected chi connectivity index (χ1v) is 12.5. The number of thioether (sulfide) groups is 1. The number of nitrogens with one attached hydrogen (secondary N) is 1. The predicted octanol–water partition coefficient (Wildman–Crippen LogP) is -0.311. The van der Waals surface area contributed by atoms with Crippen LogP contribution >= 0.6 is 23.3 Å². The number of oxime groups is 1. The minimum absolute atomic E-state index is 0.0304. The quantitative estimate of drug-likeness (QED) is 0.161. The zero-order chi connectivity index (χ0) is 25.6. The van der Waals surface area contributed by atoms with E-state index >= 15 is 0 Å². The number of carboxylic acid groups (broad SMARTS) is 1. The van der Waals surface area contributed by atoms with Crippen molar-refractivity contribution < 1.29 is 29.0 Å². The Bertz CT molecular complexity index is 1460. The number of aryl methyl sites for hydroxylation is 1. The van der Waals surface area contributed by atoms with Gasteiger partial charge in [0.15, 0.2) is 11.7 Å². The number of rotatable bonds is 7. The van der Waals surface area contributed by atoms with Crippen LogP contribution < -0.4 is 15.7 Å². The summed E-state index contributed by atoms with van der Waals surface area (Å²) in [5, 5.41) is 16.8. The molecule has 0 radical (unpaired) electrons. The van der Waals surface area contributed by atoms with Crippen molar-refractivity contribution in [2.45, 2.75) is 18.0 Å². The normalized spacial score (nSPS) is 19.8. The Morgan fingerprint density at radius 3 is 2.83 bits per heavy atom. The highest BCUT2D eigenvalue weighted by Crippen LogP contribution is 2.40. The molecule has 0 aliphatic carbocycles. The van der Waals surface area contributed by atoms with E-state index in [1.165, 1.54) is 23.8 Å². The maximum atomic E-state index is 13.0. The van der Waals surface area contributed by atoms with E-state index in [9.17, 15) is 19.5 Å². The number of β-lactam (4-membered cyclic amide) rings is 1. The highest BCUT2D eigenvalue weighted by molar-refractivity contribution is 8.00. The Morgan fingerprint density at radius 1 is 1.39 bits per heavy atom. The Labute approximate surface area is 212 Å². The molecule has 0 unspecified atom stereocenters. The van der Waals surface area contributed by atoms with Gasteiger partial charge in [0, 0.05) is 22.9 Å². The van der Waals surface area contributed by atoms with Gasteiger partial charge in [0.2, 0.25) is 17.7 Å². The molecule has 2 atom stereocenters. The Balaban J connectivity index is 1.38. The van der Waals surface area contributed by atoms with Gasteiger partial charge in [0.05, 0.1) is 12.4 Å². The lowest BCUT2D eigenvalue weighted by molar-refractivity contribution is -0.764. The van der Waals surface area contributed by atoms with Crippen LogP contribution in [0.15, 0.2) is 46.9 Å². The van der Waals surface area contributed by atoms with Crippen LogP contribution in [0.25, 0.3) is 10.9 Å². The van der Waals surface area contributed by atoms with Gasteiger partial charge in [0.1, 0.15) is 29.7 Å². The Kier molecular flexibility index (Phi) is 6.09. The molecular formula is C21H21N8O5S2+. The number of benzene rings is 1. The van der Waals surface area contributed by atoms with Gasteiger partial charge in [-0.2, -0.15) is 14.0 Å². The Hall–Kier alpha value is -3.98. The fourth-order valence-electron chi connectivity index (χ4n) is 4.25. The van der Waals surface area contributed by atoms with E-state index in [1.54, 1.807) is 0 Å². The summed E-state index contributed by atoms with van der Waals surface area (Å²) in [5.74, 6) is -2.11. The van der Waals surface area contributed by atoms with E-state index in [4.69, 9.17) is 10.6 Å².